The molecule has 0 aliphatic carbocycles. The Kier molecular flexibility index (Phi) is 6.03. The topological polar surface area (TPSA) is 39.2 Å². The lowest BCUT2D eigenvalue weighted by molar-refractivity contribution is 0.0502. The smallest absolute Gasteiger partial charge is 0.338 e. The number of aryl methyl sites for hydroxylation is 2. The first-order chi connectivity index (χ1) is 12.9. The molecule has 1 aromatic heterocycles. The van der Waals surface area contributed by atoms with Gasteiger partial charge in [0, 0.05) is 16.0 Å². The van der Waals surface area contributed by atoms with Gasteiger partial charge in [0.1, 0.15) is 0 Å². The fourth-order valence-corrected chi connectivity index (χ4v) is 3.58. The number of hydrogen-bond acceptors (Lipinski definition) is 3. The zero-order chi connectivity index (χ0) is 19.6. The number of carbonyl (C=O) groups is 1. The lowest BCUT2D eigenvalue weighted by Gasteiger charge is -2.13. The molecule has 0 spiro atoms. The van der Waals surface area contributed by atoms with E-state index >= 15 is 0 Å². The maximum atomic E-state index is 12.8. The first kappa shape index (κ1) is 19.7. The Morgan fingerprint density at radius 3 is 2.59 bits per heavy atom. The van der Waals surface area contributed by atoms with Crippen molar-refractivity contribution in [1.82, 2.24) is 4.98 Å². The van der Waals surface area contributed by atoms with Crippen LogP contribution in [0.5, 0.6) is 0 Å². The SMILES string of the molecule is CCCCOC(=O)c1cc(-c2ccc(Cl)cc2Cl)nc2c(C)cc(C)cc12. The van der Waals surface area contributed by atoms with E-state index in [4.69, 9.17) is 32.9 Å². The van der Waals surface area contributed by atoms with Crippen molar-refractivity contribution in [3.05, 3.63) is 63.1 Å². The van der Waals surface area contributed by atoms with E-state index in [2.05, 4.69) is 13.0 Å². The number of rotatable bonds is 5. The predicted molar refractivity (Wildman–Crippen MR) is 112 cm³/mol. The highest BCUT2D eigenvalue weighted by molar-refractivity contribution is 6.36. The highest BCUT2D eigenvalue weighted by atomic mass is 35.5. The van der Waals surface area contributed by atoms with Gasteiger partial charge < -0.3 is 4.74 Å². The number of aromatic nitrogens is 1. The fourth-order valence-electron chi connectivity index (χ4n) is 3.07. The molecule has 0 radical (unpaired) electrons. The molecule has 140 valence electrons. The minimum atomic E-state index is -0.341. The number of halogens is 2. The molecule has 0 amide bonds. The van der Waals surface area contributed by atoms with Crippen molar-refractivity contribution in [2.75, 3.05) is 6.61 Å². The molecule has 3 rings (SSSR count). The summed E-state index contributed by atoms with van der Waals surface area (Å²) >= 11 is 12.4. The second-order valence-corrected chi connectivity index (χ2v) is 7.49. The number of unbranched alkanes of at least 4 members (excludes halogenated alkanes) is 1. The standard InChI is InChI=1S/C22H21Cl2NO2/c1-4-5-8-27-22(26)18-12-20(16-7-6-15(23)11-19(16)24)25-21-14(3)9-13(2)10-17(18)21/h6-7,9-12H,4-5,8H2,1-3H3. The third-order valence-electron chi connectivity index (χ3n) is 4.41. The average molecular weight is 402 g/mol. The second-order valence-electron chi connectivity index (χ2n) is 6.65. The van der Waals surface area contributed by atoms with Crippen molar-refractivity contribution >= 4 is 40.1 Å². The molecule has 27 heavy (non-hydrogen) atoms. The quantitative estimate of drug-likeness (QED) is 0.349. The van der Waals surface area contributed by atoms with E-state index in [0.717, 1.165) is 40.4 Å². The van der Waals surface area contributed by atoms with Crippen molar-refractivity contribution in [3.8, 4) is 11.3 Å². The molecular weight excluding hydrogens is 381 g/mol. The lowest BCUT2D eigenvalue weighted by atomic mass is 10.00. The van der Waals surface area contributed by atoms with Gasteiger partial charge in [-0.15, -0.1) is 0 Å². The van der Waals surface area contributed by atoms with Gasteiger partial charge in [0.15, 0.2) is 0 Å². The molecule has 3 aromatic rings. The van der Waals surface area contributed by atoms with Gasteiger partial charge >= 0.3 is 5.97 Å². The summed E-state index contributed by atoms with van der Waals surface area (Å²) in [5.74, 6) is -0.341. The molecule has 0 saturated carbocycles. The van der Waals surface area contributed by atoms with Crippen LogP contribution in [0.2, 0.25) is 10.0 Å². The van der Waals surface area contributed by atoms with Crippen LogP contribution in [0.1, 0.15) is 41.3 Å². The normalized spacial score (nSPS) is 11.0. The van der Waals surface area contributed by atoms with E-state index in [1.165, 1.54) is 0 Å². The Bertz CT molecular complexity index is 1010. The Hall–Kier alpha value is -2.10. The largest absolute Gasteiger partial charge is 0.462 e. The third kappa shape index (κ3) is 4.26. The van der Waals surface area contributed by atoms with E-state index in [1.54, 1.807) is 18.2 Å². The van der Waals surface area contributed by atoms with Crippen molar-refractivity contribution in [3.63, 3.8) is 0 Å². The molecule has 3 nitrogen and oxygen atoms in total. The molecule has 5 heteroatoms. The summed E-state index contributed by atoms with van der Waals surface area (Å²) in [6.45, 7) is 6.45. The molecule has 0 aliphatic heterocycles. The summed E-state index contributed by atoms with van der Waals surface area (Å²) < 4.78 is 5.48. The minimum Gasteiger partial charge on any atom is -0.462 e. The van der Waals surface area contributed by atoms with E-state index in [1.807, 2.05) is 26.0 Å². The number of pyridine rings is 1. The van der Waals surface area contributed by atoms with Gasteiger partial charge in [-0.3, -0.25) is 0 Å². The molecule has 0 aliphatic rings. The number of hydrogen-bond donors (Lipinski definition) is 0. The van der Waals surface area contributed by atoms with Crippen molar-refractivity contribution in [1.29, 1.82) is 0 Å². The van der Waals surface area contributed by atoms with Crippen LogP contribution in [0.25, 0.3) is 22.2 Å². The summed E-state index contributed by atoms with van der Waals surface area (Å²) in [6, 6.07) is 11.0. The summed E-state index contributed by atoms with van der Waals surface area (Å²) in [6.07, 6.45) is 1.80. The lowest BCUT2D eigenvalue weighted by Crippen LogP contribution is -2.08. The molecule has 0 atom stereocenters. The zero-order valence-corrected chi connectivity index (χ0v) is 17.1. The van der Waals surface area contributed by atoms with Crippen LogP contribution in [0, 0.1) is 13.8 Å². The average Bonchev–Trinajstić information content (AvgIpc) is 2.61. The molecule has 0 fully saturated rings. The van der Waals surface area contributed by atoms with Crippen LogP contribution in [0.3, 0.4) is 0 Å². The van der Waals surface area contributed by atoms with Crippen LogP contribution in [0.15, 0.2) is 36.4 Å². The number of benzene rings is 2. The molecule has 0 N–H and O–H groups in total. The van der Waals surface area contributed by atoms with Gasteiger partial charge in [0.05, 0.1) is 28.4 Å². The van der Waals surface area contributed by atoms with Crippen LogP contribution in [0.4, 0.5) is 0 Å². The summed E-state index contributed by atoms with van der Waals surface area (Å²) in [5, 5.41) is 1.84. The van der Waals surface area contributed by atoms with Crippen molar-refractivity contribution in [2.45, 2.75) is 33.6 Å². The monoisotopic (exact) mass is 401 g/mol. The minimum absolute atomic E-state index is 0.341. The van der Waals surface area contributed by atoms with E-state index in [9.17, 15) is 4.79 Å². The molecule has 0 unspecified atom stereocenters. The Morgan fingerprint density at radius 2 is 1.89 bits per heavy atom. The highest BCUT2D eigenvalue weighted by Crippen LogP contribution is 2.33. The van der Waals surface area contributed by atoms with Crippen LogP contribution in [-0.2, 0) is 4.74 Å². The molecular formula is C22H21Cl2NO2. The van der Waals surface area contributed by atoms with Gasteiger partial charge in [-0.2, -0.15) is 0 Å². The molecule has 2 aromatic carbocycles. The van der Waals surface area contributed by atoms with E-state index in [-0.39, 0.29) is 5.97 Å². The summed E-state index contributed by atoms with van der Waals surface area (Å²) in [7, 11) is 0. The first-order valence-electron chi connectivity index (χ1n) is 8.95. The van der Waals surface area contributed by atoms with Crippen LogP contribution in [-0.4, -0.2) is 17.6 Å². The maximum Gasteiger partial charge on any atom is 0.338 e. The Morgan fingerprint density at radius 1 is 1.11 bits per heavy atom. The van der Waals surface area contributed by atoms with Crippen LogP contribution >= 0.6 is 23.2 Å². The Labute approximate surface area is 169 Å². The maximum absolute atomic E-state index is 12.8. The van der Waals surface area contributed by atoms with E-state index < -0.39 is 0 Å². The predicted octanol–water partition coefficient (Wildman–Crippen LogP) is 6.78. The van der Waals surface area contributed by atoms with Gasteiger partial charge in [-0.25, -0.2) is 9.78 Å². The van der Waals surface area contributed by atoms with Crippen LogP contribution < -0.4 is 0 Å². The summed E-state index contributed by atoms with van der Waals surface area (Å²) in [5.41, 5.74) is 4.70. The number of carbonyl (C=O) groups excluding carboxylic acids is 1. The van der Waals surface area contributed by atoms with Gasteiger partial charge in [0.25, 0.3) is 0 Å². The molecule has 0 bridgehead atoms. The Balaban J connectivity index is 2.20. The number of ether oxygens (including phenoxy) is 1. The second kappa shape index (κ2) is 8.28. The van der Waals surface area contributed by atoms with Gasteiger partial charge in [0.2, 0.25) is 0 Å². The van der Waals surface area contributed by atoms with E-state index in [0.29, 0.717) is 27.9 Å². The first-order valence-corrected chi connectivity index (χ1v) is 9.71. The summed E-state index contributed by atoms with van der Waals surface area (Å²) in [4.78, 5) is 17.6. The zero-order valence-electron chi connectivity index (χ0n) is 15.6. The van der Waals surface area contributed by atoms with Crippen molar-refractivity contribution in [2.24, 2.45) is 0 Å². The van der Waals surface area contributed by atoms with Gasteiger partial charge in [-0.05, 0) is 56.2 Å². The highest BCUT2D eigenvalue weighted by Gasteiger charge is 2.18. The van der Waals surface area contributed by atoms with Crippen molar-refractivity contribution < 1.29 is 9.53 Å². The number of esters is 1. The number of nitrogens with zero attached hydrogens (tertiary/aromatic N) is 1. The molecule has 0 saturated heterocycles. The van der Waals surface area contributed by atoms with Gasteiger partial charge in [-0.1, -0.05) is 48.2 Å². The molecule has 1 heterocycles. The third-order valence-corrected chi connectivity index (χ3v) is 4.95. The number of fused-ring (bicyclic) bond motifs is 1. The fraction of sp³-hybridized carbons (Fsp3) is 0.273.